The summed E-state index contributed by atoms with van der Waals surface area (Å²) in [5.74, 6) is 1.10. The molecule has 0 bridgehead atoms. The maximum absolute atomic E-state index is 8.71. The van der Waals surface area contributed by atoms with Gasteiger partial charge in [0, 0.05) is 0 Å². The summed E-state index contributed by atoms with van der Waals surface area (Å²) in [5, 5.41) is 11.7. The van der Waals surface area contributed by atoms with Crippen molar-refractivity contribution in [2.45, 2.75) is 19.8 Å². The fourth-order valence-electron chi connectivity index (χ4n) is 1.40. The molecule has 0 aliphatic rings. The van der Waals surface area contributed by atoms with Crippen LogP contribution in [0.2, 0.25) is 0 Å². The maximum atomic E-state index is 8.71. The number of nitrogens with two attached hydrogens (primary N) is 1. The molecule has 1 aromatic rings. The highest BCUT2D eigenvalue weighted by Gasteiger charge is 2.13. The van der Waals surface area contributed by atoms with E-state index in [2.05, 4.69) is 12.1 Å². The normalized spacial score (nSPS) is 11.3. The van der Waals surface area contributed by atoms with Crippen LogP contribution in [0, 0.1) is 0 Å². The summed E-state index contributed by atoms with van der Waals surface area (Å²) in [4.78, 5) is 0. The van der Waals surface area contributed by atoms with Gasteiger partial charge in [-0.05, 0) is 18.6 Å². The van der Waals surface area contributed by atoms with E-state index in [0.717, 1.165) is 12.8 Å². The van der Waals surface area contributed by atoms with E-state index in [1.165, 1.54) is 0 Å². The first-order valence-corrected chi connectivity index (χ1v) is 5.52. The lowest BCUT2D eigenvalue weighted by molar-refractivity contribution is 0.286. The predicted octanol–water partition coefficient (Wildman–Crippen LogP) is 1.97. The van der Waals surface area contributed by atoms with Crippen LogP contribution in [-0.4, -0.2) is 24.8 Å². The van der Waals surface area contributed by atoms with E-state index in [1.807, 2.05) is 0 Å². The lowest BCUT2D eigenvalue weighted by Gasteiger charge is -2.13. The number of ether oxygens (including phenoxy) is 2. The Labute approximate surface area is 101 Å². The Hall–Kier alpha value is -1.91. The number of hydrogen-bond acceptors (Lipinski definition) is 4. The summed E-state index contributed by atoms with van der Waals surface area (Å²) < 4.78 is 10.8. The lowest BCUT2D eigenvalue weighted by Crippen LogP contribution is -2.15. The number of oxime groups is 1. The molecule has 0 saturated carbocycles. The first-order valence-electron chi connectivity index (χ1n) is 5.52. The molecule has 0 atom stereocenters. The van der Waals surface area contributed by atoms with Crippen molar-refractivity contribution in [3.63, 3.8) is 0 Å². The Morgan fingerprint density at radius 3 is 2.82 bits per heavy atom. The molecule has 0 spiro atoms. The number of rotatable bonds is 6. The topological polar surface area (TPSA) is 77.1 Å². The smallest absolute Gasteiger partial charge is 0.173 e. The first kappa shape index (κ1) is 13.2. The first-order chi connectivity index (χ1) is 8.24. The van der Waals surface area contributed by atoms with Crippen molar-refractivity contribution in [2.24, 2.45) is 10.9 Å². The molecular weight excluding hydrogens is 220 g/mol. The van der Waals surface area contributed by atoms with Crippen molar-refractivity contribution in [3.05, 3.63) is 23.8 Å². The third-order valence-corrected chi connectivity index (χ3v) is 2.33. The van der Waals surface area contributed by atoms with Crippen molar-refractivity contribution in [1.82, 2.24) is 0 Å². The maximum Gasteiger partial charge on any atom is 0.173 e. The molecule has 0 heterocycles. The molecule has 94 valence electrons. The van der Waals surface area contributed by atoms with Gasteiger partial charge in [-0.2, -0.15) is 0 Å². The lowest BCUT2D eigenvalue weighted by atomic mass is 10.1. The minimum absolute atomic E-state index is 0.00963. The molecule has 0 unspecified atom stereocenters. The fraction of sp³-hybridized carbons (Fsp3) is 0.417. The summed E-state index contributed by atoms with van der Waals surface area (Å²) in [6, 6.07) is 5.26. The van der Waals surface area contributed by atoms with Gasteiger partial charge in [0.05, 0.1) is 19.3 Å². The van der Waals surface area contributed by atoms with E-state index in [-0.39, 0.29) is 5.84 Å². The average molecular weight is 238 g/mol. The molecular formula is C12H18N2O3. The largest absolute Gasteiger partial charge is 0.493 e. The van der Waals surface area contributed by atoms with Crippen molar-refractivity contribution in [2.75, 3.05) is 13.7 Å². The Morgan fingerprint density at radius 2 is 2.24 bits per heavy atom. The molecule has 0 aliphatic heterocycles. The van der Waals surface area contributed by atoms with E-state index in [4.69, 9.17) is 20.4 Å². The number of unbranched alkanes of at least 4 members (excludes halogenated alkanes) is 1. The molecule has 0 aromatic heterocycles. The Kier molecular flexibility index (Phi) is 5.13. The van der Waals surface area contributed by atoms with Gasteiger partial charge >= 0.3 is 0 Å². The standard InChI is InChI=1S/C12H18N2O3/c1-3-4-8-17-11-9(12(13)14-15)6-5-7-10(11)16-2/h5-7,15H,3-4,8H2,1-2H3,(H2,13,14). The quantitative estimate of drug-likeness (QED) is 0.261. The van der Waals surface area contributed by atoms with E-state index < -0.39 is 0 Å². The number of amidine groups is 1. The average Bonchev–Trinajstić information content (AvgIpc) is 2.38. The highest BCUT2D eigenvalue weighted by atomic mass is 16.5. The Bertz CT molecular complexity index is 391. The van der Waals surface area contributed by atoms with Gasteiger partial charge in [-0.15, -0.1) is 0 Å². The molecule has 0 radical (unpaired) electrons. The van der Waals surface area contributed by atoms with Crippen LogP contribution >= 0.6 is 0 Å². The minimum atomic E-state index is 0.00963. The molecule has 0 fully saturated rings. The zero-order valence-corrected chi connectivity index (χ0v) is 10.1. The molecule has 1 rings (SSSR count). The van der Waals surface area contributed by atoms with Crippen LogP contribution in [-0.2, 0) is 0 Å². The van der Waals surface area contributed by atoms with Gasteiger partial charge < -0.3 is 20.4 Å². The third kappa shape index (κ3) is 3.27. The van der Waals surface area contributed by atoms with Gasteiger partial charge in [0.25, 0.3) is 0 Å². The molecule has 3 N–H and O–H groups in total. The Balaban J connectivity index is 3.03. The fourth-order valence-corrected chi connectivity index (χ4v) is 1.40. The summed E-state index contributed by atoms with van der Waals surface area (Å²) >= 11 is 0. The van der Waals surface area contributed by atoms with Crippen LogP contribution in [0.3, 0.4) is 0 Å². The van der Waals surface area contributed by atoms with E-state index in [1.54, 1.807) is 25.3 Å². The van der Waals surface area contributed by atoms with Gasteiger partial charge in [-0.1, -0.05) is 24.6 Å². The van der Waals surface area contributed by atoms with Gasteiger partial charge in [0.1, 0.15) is 0 Å². The predicted molar refractivity (Wildman–Crippen MR) is 65.9 cm³/mol. The molecule has 17 heavy (non-hydrogen) atoms. The van der Waals surface area contributed by atoms with Gasteiger partial charge in [-0.3, -0.25) is 0 Å². The number of nitrogens with zero attached hydrogens (tertiary/aromatic N) is 1. The zero-order valence-electron chi connectivity index (χ0n) is 10.1. The highest BCUT2D eigenvalue weighted by Crippen LogP contribution is 2.31. The minimum Gasteiger partial charge on any atom is -0.493 e. The van der Waals surface area contributed by atoms with Gasteiger partial charge in [-0.25, -0.2) is 0 Å². The van der Waals surface area contributed by atoms with Crippen molar-refractivity contribution >= 4 is 5.84 Å². The second-order valence-electron chi connectivity index (χ2n) is 3.52. The number of benzene rings is 1. The molecule has 1 aromatic carbocycles. The molecule has 0 saturated heterocycles. The van der Waals surface area contributed by atoms with E-state index in [9.17, 15) is 0 Å². The second-order valence-corrected chi connectivity index (χ2v) is 3.52. The van der Waals surface area contributed by atoms with Crippen molar-refractivity contribution in [3.8, 4) is 11.5 Å². The summed E-state index contributed by atoms with van der Waals surface area (Å²) in [6.07, 6.45) is 1.97. The number of hydrogen-bond donors (Lipinski definition) is 2. The highest BCUT2D eigenvalue weighted by molar-refractivity contribution is 6.00. The zero-order chi connectivity index (χ0) is 12.7. The van der Waals surface area contributed by atoms with Crippen molar-refractivity contribution in [1.29, 1.82) is 0 Å². The number of methoxy groups -OCH3 is 1. The van der Waals surface area contributed by atoms with Crippen LogP contribution in [0.1, 0.15) is 25.3 Å². The van der Waals surface area contributed by atoms with Crippen LogP contribution in [0.5, 0.6) is 11.5 Å². The third-order valence-electron chi connectivity index (χ3n) is 2.33. The second kappa shape index (κ2) is 6.62. The molecule has 0 aliphatic carbocycles. The summed E-state index contributed by atoms with van der Waals surface area (Å²) in [6.45, 7) is 2.65. The van der Waals surface area contributed by atoms with E-state index in [0.29, 0.717) is 23.7 Å². The molecule has 5 nitrogen and oxygen atoms in total. The van der Waals surface area contributed by atoms with Crippen molar-refractivity contribution < 1.29 is 14.7 Å². The van der Waals surface area contributed by atoms with Gasteiger partial charge in [0.15, 0.2) is 17.3 Å². The number of para-hydroxylation sites is 1. The summed E-state index contributed by atoms with van der Waals surface area (Å²) in [5.41, 5.74) is 6.12. The molecule has 0 amide bonds. The monoisotopic (exact) mass is 238 g/mol. The summed E-state index contributed by atoms with van der Waals surface area (Å²) in [7, 11) is 1.55. The van der Waals surface area contributed by atoms with Crippen LogP contribution in [0.25, 0.3) is 0 Å². The van der Waals surface area contributed by atoms with Crippen LogP contribution in [0.4, 0.5) is 0 Å². The van der Waals surface area contributed by atoms with Crippen LogP contribution < -0.4 is 15.2 Å². The van der Waals surface area contributed by atoms with Crippen LogP contribution in [0.15, 0.2) is 23.4 Å². The van der Waals surface area contributed by atoms with Gasteiger partial charge in [0.2, 0.25) is 0 Å². The molecule has 5 heteroatoms. The Morgan fingerprint density at radius 1 is 1.47 bits per heavy atom. The SMILES string of the molecule is CCCCOc1c(OC)cccc1/C(N)=N/O. The van der Waals surface area contributed by atoms with E-state index >= 15 is 0 Å².